The Labute approximate surface area is 118 Å². The number of hydrogen-bond acceptors (Lipinski definition) is 1. The largest absolute Gasteiger partial charge is 0.417 e. The van der Waals surface area contributed by atoms with Crippen molar-refractivity contribution in [3.8, 4) is 11.1 Å². The van der Waals surface area contributed by atoms with Gasteiger partial charge in [-0.1, -0.05) is 35.9 Å². The van der Waals surface area contributed by atoms with E-state index in [4.69, 9.17) is 17.3 Å². The maximum absolute atomic E-state index is 13.1. The summed E-state index contributed by atoms with van der Waals surface area (Å²) in [5.41, 5.74) is 4.03. The van der Waals surface area contributed by atoms with Crippen molar-refractivity contribution in [2.75, 3.05) is 0 Å². The highest BCUT2D eigenvalue weighted by molar-refractivity contribution is 6.33. The van der Waals surface area contributed by atoms with Crippen molar-refractivity contribution in [2.45, 2.75) is 6.18 Å². The zero-order valence-electron chi connectivity index (χ0n) is 10.0. The Morgan fingerprint density at radius 3 is 2.25 bits per heavy atom. The van der Waals surface area contributed by atoms with Gasteiger partial charge in [-0.25, -0.2) is 0 Å². The molecule has 0 aromatic heterocycles. The summed E-state index contributed by atoms with van der Waals surface area (Å²) in [6.07, 6.45) is -4.61. The minimum atomic E-state index is -4.61. The van der Waals surface area contributed by atoms with E-state index in [1.54, 1.807) is 12.1 Å². The van der Waals surface area contributed by atoms with Crippen LogP contribution in [0.15, 0.2) is 42.5 Å². The quantitative estimate of drug-likeness (QED) is 0.890. The third kappa shape index (κ3) is 2.77. The van der Waals surface area contributed by atoms with Crippen LogP contribution in [0.2, 0.25) is 5.02 Å². The van der Waals surface area contributed by atoms with Gasteiger partial charge < -0.3 is 5.73 Å². The zero-order valence-corrected chi connectivity index (χ0v) is 10.8. The predicted octanol–water partition coefficient (Wildman–Crippen LogP) is 4.12. The lowest BCUT2D eigenvalue weighted by Crippen LogP contribution is -2.14. The molecule has 0 unspecified atom stereocenters. The lowest BCUT2D eigenvalue weighted by atomic mass is 9.97. The molecule has 0 saturated carbocycles. The summed E-state index contributed by atoms with van der Waals surface area (Å²) in [5, 5.41) is 0.199. The molecule has 20 heavy (non-hydrogen) atoms. The van der Waals surface area contributed by atoms with Crippen molar-refractivity contribution >= 4 is 17.5 Å². The maximum atomic E-state index is 13.1. The molecule has 0 aliphatic rings. The van der Waals surface area contributed by atoms with Crippen LogP contribution in [0.3, 0.4) is 0 Å². The number of primary amides is 1. The van der Waals surface area contributed by atoms with Gasteiger partial charge in [0.15, 0.2) is 0 Å². The molecule has 2 nitrogen and oxygen atoms in total. The first-order chi connectivity index (χ1) is 9.30. The first kappa shape index (κ1) is 14.4. The minimum Gasteiger partial charge on any atom is -0.366 e. The molecule has 6 heteroatoms. The molecule has 0 spiro atoms. The molecule has 0 aliphatic carbocycles. The van der Waals surface area contributed by atoms with Crippen molar-refractivity contribution < 1.29 is 18.0 Å². The Bertz CT molecular complexity index is 668. The molecule has 2 aromatic carbocycles. The van der Waals surface area contributed by atoms with E-state index in [0.717, 1.165) is 6.07 Å². The van der Waals surface area contributed by atoms with Crippen molar-refractivity contribution in [2.24, 2.45) is 5.73 Å². The normalized spacial score (nSPS) is 11.4. The predicted molar refractivity (Wildman–Crippen MR) is 70.4 cm³/mol. The van der Waals surface area contributed by atoms with Gasteiger partial charge in [-0.3, -0.25) is 4.79 Å². The highest BCUT2D eigenvalue weighted by Gasteiger charge is 2.34. The number of halogens is 4. The van der Waals surface area contributed by atoms with Gasteiger partial charge in [0.25, 0.3) is 0 Å². The van der Waals surface area contributed by atoms with E-state index >= 15 is 0 Å². The number of rotatable bonds is 2. The first-order valence-electron chi connectivity index (χ1n) is 5.56. The zero-order chi connectivity index (χ0) is 14.9. The molecule has 0 radical (unpaired) electrons. The molecule has 2 aromatic rings. The molecule has 104 valence electrons. The van der Waals surface area contributed by atoms with Gasteiger partial charge in [-0.05, 0) is 23.8 Å². The van der Waals surface area contributed by atoms with Crippen molar-refractivity contribution in [1.82, 2.24) is 0 Å². The van der Waals surface area contributed by atoms with Crippen LogP contribution in [0.25, 0.3) is 11.1 Å². The second kappa shape index (κ2) is 5.17. The molecule has 0 bridgehead atoms. The Morgan fingerprint density at radius 2 is 1.70 bits per heavy atom. The summed E-state index contributed by atoms with van der Waals surface area (Å²) in [4.78, 5) is 11.0. The van der Waals surface area contributed by atoms with Crippen molar-refractivity contribution in [3.63, 3.8) is 0 Å². The van der Waals surface area contributed by atoms with Crippen LogP contribution in [-0.2, 0) is 6.18 Å². The van der Waals surface area contributed by atoms with Crippen LogP contribution in [-0.4, -0.2) is 5.91 Å². The second-order valence-corrected chi connectivity index (χ2v) is 4.51. The number of nitrogens with two attached hydrogens (primary N) is 1. The first-order valence-corrected chi connectivity index (χ1v) is 5.94. The average Bonchev–Trinajstić information content (AvgIpc) is 2.37. The smallest absolute Gasteiger partial charge is 0.366 e. The fourth-order valence-corrected chi connectivity index (χ4v) is 2.08. The molecular formula is C14H9ClF3NO. The third-order valence-corrected chi connectivity index (χ3v) is 3.10. The van der Waals surface area contributed by atoms with Gasteiger partial charge in [-0.15, -0.1) is 0 Å². The molecule has 1 amide bonds. The molecular weight excluding hydrogens is 291 g/mol. The van der Waals surface area contributed by atoms with Crippen LogP contribution in [0.1, 0.15) is 15.9 Å². The van der Waals surface area contributed by atoms with Crippen LogP contribution < -0.4 is 5.73 Å². The Morgan fingerprint density at radius 1 is 1.05 bits per heavy atom. The van der Waals surface area contributed by atoms with Gasteiger partial charge in [0.2, 0.25) is 5.91 Å². The van der Waals surface area contributed by atoms with E-state index in [0.29, 0.717) is 0 Å². The number of amides is 1. The second-order valence-electron chi connectivity index (χ2n) is 4.10. The van der Waals surface area contributed by atoms with E-state index < -0.39 is 17.6 Å². The molecule has 0 saturated heterocycles. The van der Waals surface area contributed by atoms with Crippen LogP contribution >= 0.6 is 11.6 Å². The number of carbonyl (C=O) groups is 1. The number of alkyl halides is 3. The molecule has 2 N–H and O–H groups in total. The van der Waals surface area contributed by atoms with E-state index in [2.05, 4.69) is 0 Å². The van der Waals surface area contributed by atoms with E-state index in [1.807, 2.05) is 0 Å². The summed E-state index contributed by atoms with van der Waals surface area (Å²) >= 11 is 5.92. The monoisotopic (exact) mass is 299 g/mol. The number of benzene rings is 2. The van der Waals surface area contributed by atoms with Gasteiger partial charge in [0, 0.05) is 16.1 Å². The van der Waals surface area contributed by atoms with E-state index in [-0.39, 0.29) is 21.7 Å². The fraction of sp³-hybridized carbons (Fsp3) is 0.0714. The standard InChI is InChI=1S/C14H9ClF3NO/c15-12-4-2-1-3-10(12)9-6-5-8(13(19)20)7-11(9)14(16,17)18/h1-7H,(H2,19,20). The molecule has 0 aliphatic heterocycles. The summed E-state index contributed by atoms with van der Waals surface area (Å²) in [5.74, 6) is -0.916. The molecule has 0 heterocycles. The Kier molecular flexibility index (Phi) is 3.72. The Balaban J connectivity index is 2.71. The molecule has 0 fully saturated rings. The topological polar surface area (TPSA) is 43.1 Å². The van der Waals surface area contributed by atoms with Crippen molar-refractivity contribution in [1.29, 1.82) is 0 Å². The SMILES string of the molecule is NC(=O)c1ccc(-c2ccccc2Cl)c(C(F)(F)F)c1. The summed E-state index contributed by atoms with van der Waals surface area (Å²) in [6.45, 7) is 0. The van der Waals surface area contributed by atoms with Gasteiger partial charge in [0.1, 0.15) is 0 Å². The van der Waals surface area contributed by atoms with Gasteiger partial charge in [-0.2, -0.15) is 13.2 Å². The highest BCUT2D eigenvalue weighted by Crippen LogP contribution is 2.39. The average molecular weight is 300 g/mol. The summed E-state index contributed by atoms with van der Waals surface area (Å²) in [7, 11) is 0. The van der Waals surface area contributed by atoms with Crippen LogP contribution in [0, 0.1) is 0 Å². The number of hydrogen-bond donors (Lipinski definition) is 1. The summed E-state index contributed by atoms with van der Waals surface area (Å²) in [6, 6.07) is 9.37. The molecule has 2 rings (SSSR count). The van der Waals surface area contributed by atoms with Crippen LogP contribution in [0.4, 0.5) is 13.2 Å². The maximum Gasteiger partial charge on any atom is 0.417 e. The Hall–Kier alpha value is -2.01. The summed E-state index contributed by atoms with van der Waals surface area (Å²) < 4.78 is 39.3. The van der Waals surface area contributed by atoms with Crippen molar-refractivity contribution in [3.05, 3.63) is 58.6 Å². The highest BCUT2D eigenvalue weighted by atomic mass is 35.5. The van der Waals surface area contributed by atoms with E-state index in [9.17, 15) is 18.0 Å². The minimum absolute atomic E-state index is 0.0897. The lowest BCUT2D eigenvalue weighted by Gasteiger charge is -2.15. The van der Waals surface area contributed by atoms with E-state index in [1.165, 1.54) is 24.3 Å². The molecule has 0 atom stereocenters. The van der Waals surface area contributed by atoms with Gasteiger partial charge >= 0.3 is 6.18 Å². The lowest BCUT2D eigenvalue weighted by molar-refractivity contribution is -0.137. The number of carbonyl (C=O) groups excluding carboxylic acids is 1. The van der Waals surface area contributed by atoms with Crippen LogP contribution in [0.5, 0.6) is 0 Å². The fourth-order valence-electron chi connectivity index (χ4n) is 1.85. The third-order valence-electron chi connectivity index (χ3n) is 2.77. The van der Waals surface area contributed by atoms with Gasteiger partial charge in [0.05, 0.1) is 5.56 Å².